The van der Waals surface area contributed by atoms with Crippen molar-refractivity contribution in [1.29, 1.82) is 0 Å². The molecular weight excluding hydrogens is 402 g/mol. The topological polar surface area (TPSA) is 101 Å². The van der Waals surface area contributed by atoms with Crippen molar-refractivity contribution in [3.63, 3.8) is 0 Å². The highest BCUT2D eigenvalue weighted by Gasteiger charge is 1.98. The molecule has 0 aliphatic rings. The molecule has 4 N–H and O–H groups in total. The lowest BCUT2D eigenvalue weighted by Crippen LogP contribution is -1.97. The van der Waals surface area contributed by atoms with Crippen molar-refractivity contribution in [1.82, 2.24) is 0 Å². The number of hydrogen-bond acceptors (Lipinski definition) is 3. The Morgan fingerprint density at radius 3 is 0.969 bits per heavy atom. The summed E-state index contributed by atoms with van der Waals surface area (Å²) < 4.78 is 0. The molecule has 0 aromatic carbocycles. The van der Waals surface area contributed by atoms with Gasteiger partial charge in [0, 0.05) is 12.8 Å². The highest BCUT2D eigenvalue weighted by atomic mass is 16.4. The summed E-state index contributed by atoms with van der Waals surface area (Å²) in [5.41, 5.74) is 5.48. The van der Waals surface area contributed by atoms with Gasteiger partial charge in [-0.3, -0.25) is 9.59 Å². The van der Waals surface area contributed by atoms with E-state index in [4.69, 9.17) is 15.9 Å². The normalized spacial score (nSPS) is 10.6. The van der Waals surface area contributed by atoms with Crippen LogP contribution in [-0.2, 0) is 9.59 Å². The molecule has 0 aromatic heterocycles. The smallest absolute Gasteiger partial charge is 0.303 e. The summed E-state index contributed by atoms with van der Waals surface area (Å²) in [4.78, 5) is 20.2. The number of unbranched alkanes of at least 4 members (excludes halogenated alkanes) is 19. The zero-order chi connectivity index (χ0) is 24.1. The third kappa shape index (κ3) is 36.3. The Morgan fingerprint density at radius 2 is 0.719 bits per heavy atom. The highest BCUT2D eigenvalue weighted by molar-refractivity contribution is 5.66. The predicted molar refractivity (Wildman–Crippen MR) is 136 cm³/mol. The van der Waals surface area contributed by atoms with Crippen molar-refractivity contribution in [3.05, 3.63) is 0 Å². The molecule has 0 amide bonds. The predicted octanol–water partition coefficient (Wildman–Crippen LogP) is 8.09. The van der Waals surface area contributed by atoms with E-state index in [2.05, 4.69) is 6.92 Å². The van der Waals surface area contributed by atoms with E-state index >= 15 is 0 Å². The van der Waals surface area contributed by atoms with E-state index in [0.29, 0.717) is 12.8 Å². The molecule has 0 aliphatic heterocycles. The van der Waals surface area contributed by atoms with Crippen molar-refractivity contribution >= 4 is 11.9 Å². The van der Waals surface area contributed by atoms with Gasteiger partial charge < -0.3 is 15.9 Å². The number of aliphatic carboxylic acids is 2. The van der Waals surface area contributed by atoms with Crippen molar-refractivity contribution in [3.8, 4) is 0 Å². The monoisotopic (exact) mass is 457 g/mol. The SMILES string of the molecule is CCCCCCCCCCCCCCCCCCN.O=C(O)CCCCCCCC(=O)O. The largest absolute Gasteiger partial charge is 0.481 e. The lowest BCUT2D eigenvalue weighted by atomic mass is 10.0. The Bertz CT molecular complexity index is 354. The van der Waals surface area contributed by atoms with Crippen LogP contribution < -0.4 is 5.73 Å². The molecule has 0 saturated heterocycles. The van der Waals surface area contributed by atoms with E-state index in [1.165, 1.54) is 103 Å². The number of rotatable bonds is 24. The first-order valence-electron chi connectivity index (χ1n) is 13.7. The molecule has 32 heavy (non-hydrogen) atoms. The molecule has 0 bridgehead atoms. The Balaban J connectivity index is 0. The summed E-state index contributed by atoms with van der Waals surface area (Å²) in [7, 11) is 0. The van der Waals surface area contributed by atoms with Crippen LogP contribution in [0.25, 0.3) is 0 Å². The zero-order valence-corrected chi connectivity index (χ0v) is 21.3. The Hall–Kier alpha value is -1.10. The molecule has 0 rings (SSSR count). The van der Waals surface area contributed by atoms with Gasteiger partial charge in [-0.05, 0) is 25.8 Å². The van der Waals surface area contributed by atoms with Crippen LogP contribution in [0.3, 0.4) is 0 Å². The van der Waals surface area contributed by atoms with Gasteiger partial charge in [0.15, 0.2) is 0 Å². The molecule has 5 heteroatoms. The van der Waals surface area contributed by atoms with Crippen LogP contribution in [0.15, 0.2) is 0 Å². The van der Waals surface area contributed by atoms with Gasteiger partial charge in [-0.25, -0.2) is 0 Å². The van der Waals surface area contributed by atoms with Crippen LogP contribution in [0, 0.1) is 0 Å². The van der Waals surface area contributed by atoms with Crippen LogP contribution in [0.2, 0.25) is 0 Å². The Kier molecular flexibility index (Phi) is 30.9. The molecule has 0 aromatic rings. The van der Waals surface area contributed by atoms with Gasteiger partial charge in [0.1, 0.15) is 0 Å². The number of carboxylic acids is 2. The maximum atomic E-state index is 10.1. The van der Waals surface area contributed by atoms with Gasteiger partial charge in [0.25, 0.3) is 0 Å². The molecule has 0 aliphatic carbocycles. The fourth-order valence-electron chi connectivity index (χ4n) is 3.78. The van der Waals surface area contributed by atoms with E-state index in [-0.39, 0.29) is 12.8 Å². The molecule has 0 saturated carbocycles. The van der Waals surface area contributed by atoms with E-state index in [9.17, 15) is 9.59 Å². The summed E-state index contributed by atoms with van der Waals surface area (Å²) in [6, 6.07) is 0. The number of nitrogens with two attached hydrogens (primary N) is 1. The van der Waals surface area contributed by atoms with Crippen LogP contribution in [0.5, 0.6) is 0 Å². The minimum atomic E-state index is -0.759. The molecule has 0 unspecified atom stereocenters. The van der Waals surface area contributed by atoms with Gasteiger partial charge in [0.05, 0.1) is 0 Å². The third-order valence-electron chi connectivity index (χ3n) is 5.84. The van der Waals surface area contributed by atoms with E-state index in [1.54, 1.807) is 0 Å². The van der Waals surface area contributed by atoms with Crippen molar-refractivity contribution in [2.75, 3.05) is 6.54 Å². The van der Waals surface area contributed by atoms with Gasteiger partial charge in [-0.2, -0.15) is 0 Å². The fourth-order valence-corrected chi connectivity index (χ4v) is 3.78. The quantitative estimate of drug-likeness (QED) is 0.127. The van der Waals surface area contributed by atoms with Gasteiger partial charge in [0.2, 0.25) is 0 Å². The second kappa shape index (κ2) is 29.9. The van der Waals surface area contributed by atoms with Gasteiger partial charge in [-0.1, -0.05) is 122 Å². The second-order valence-electron chi connectivity index (χ2n) is 9.15. The van der Waals surface area contributed by atoms with Crippen LogP contribution in [0.4, 0.5) is 0 Å². The fraction of sp³-hybridized carbons (Fsp3) is 0.926. The number of carbonyl (C=O) groups is 2. The van der Waals surface area contributed by atoms with E-state index in [0.717, 1.165) is 25.8 Å². The Morgan fingerprint density at radius 1 is 0.469 bits per heavy atom. The molecule has 0 spiro atoms. The molecular formula is C27H55NO4. The maximum Gasteiger partial charge on any atom is 0.303 e. The average molecular weight is 458 g/mol. The molecule has 0 heterocycles. The highest BCUT2D eigenvalue weighted by Crippen LogP contribution is 2.13. The molecule has 5 nitrogen and oxygen atoms in total. The third-order valence-corrected chi connectivity index (χ3v) is 5.84. The van der Waals surface area contributed by atoms with Crippen LogP contribution in [-0.4, -0.2) is 28.7 Å². The first-order chi connectivity index (χ1) is 15.5. The zero-order valence-electron chi connectivity index (χ0n) is 21.3. The Labute approximate surface area is 198 Å². The van der Waals surface area contributed by atoms with E-state index < -0.39 is 11.9 Å². The summed E-state index contributed by atoms with van der Waals surface area (Å²) in [5, 5.41) is 16.6. The average Bonchev–Trinajstić information content (AvgIpc) is 2.76. The number of carboxylic acid groups (broad SMARTS) is 2. The summed E-state index contributed by atoms with van der Waals surface area (Å²) in [6.45, 7) is 3.16. The lowest BCUT2D eigenvalue weighted by molar-refractivity contribution is -0.138. The lowest BCUT2D eigenvalue weighted by Gasteiger charge is -2.03. The first-order valence-corrected chi connectivity index (χ1v) is 13.7. The van der Waals surface area contributed by atoms with Crippen molar-refractivity contribution in [2.24, 2.45) is 5.73 Å². The van der Waals surface area contributed by atoms with Crippen molar-refractivity contribution < 1.29 is 19.8 Å². The van der Waals surface area contributed by atoms with Gasteiger partial charge in [-0.15, -0.1) is 0 Å². The van der Waals surface area contributed by atoms with Crippen molar-refractivity contribution in [2.45, 2.75) is 155 Å². The minimum Gasteiger partial charge on any atom is -0.481 e. The summed E-state index contributed by atoms with van der Waals surface area (Å²) in [5.74, 6) is -1.52. The second-order valence-corrected chi connectivity index (χ2v) is 9.15. The van der Waals surface area contributed by atoms with Gasteiger partial charge >= 0.3 is 11.9 Å². The summed E-state index contributed by atoms with van der Waals surface area (Å²) in [6.07, 6.45) is 27.4. The minimum absolute atomic E-state index is 0.221. The van der Waals surface area contributed by atoms with E-state index in [1.807, 2.05) is 0 Å². The molecule has 192 valence electrons. The molecule has 0 fully saturated rings. The molecule has 0 atom stereocenters. The first kappa shape index (κ1) is 33.1. The standard InChI is InChI=1S/C18H39N.C9H16O4/c1-2-3-4-5-6-7-8-9-10-11-12-13-14-15-16-17-18-19;10-8(11)6-4-2-1-3-5-7-9(12)13/h2-19H2,1H3;1-7H2,(H,10,11)(H,12,13). The number of hydrogen-bond donors (Lipinski definition) is 3. The van der Waals surface area contributed by atoms with Crippen LogP contribution in [0.1, 0.15) is 155 Å². The maximum absolute atomic E-state index is 10.1. The van der Waals surface area contributed by atoms with Crippen LogP contribution >= 0.6 is 0 Å². The molecule has 0 radical (unpaired) electrons. The summed E-state index contributed by atoms with van der Waals surface area (Å²) >= 11 is 0.